The molecule has 34 heavy (non-hydrogen) atoms. The van der Waals surface area contributed by atoms with Crippen LogP contribution in [0.5, 0.6) is 0 Å². The van der Waals surface area contributed by atoms with Gasteiger partial charge in [0, 0.05) is 30.3 Å². The third-order valence-corrected chi connectivity index (χ3v) is 7.07. The average Bonchev–Trinajstić information content (AvgIpc) is 3.25. The molecule has 2 aromatic carbocycles. The first kappa shape index (κ1) is 24.0. The van der Waals surface area contributed by atoms with Gasteiger partial charge in [-0.15, -0.1) is 5.10 Å². The van der Waals surface area contributed by atoms with Gasteiger partial charge in [0.05, 0.1) is 0 Å². The Morgan fingerprint density at radius 2 is 1.74 bits per heavy atom. The van der Waals surface area contributed by atoms with Crippen molar-refractivity contribution in [3.63, 3.8) is 0 Å². The van der Waals surface area contributed by atoms with Crippen LogP contribution in [0.15, 0.2) is 46.9 Å². The maximum Gasteiger partial charge on any atom is 0.320 e. The van der Waals surface area contributed by atoms with E-state index in [1.807, 2.05) is 12.1 Å². The van der Waals surface area contributed by atoms with Gasteiger partial charge in [-0.25, -0.2) is 8.78 Å². The number of benzene rings is 2. The molecule has 1 aromatic heterocycles. The molecular formula is C23H25F2N4O4P. The van der Waals surface area contributed by atoms with Crippen LogP contribution >= 0.6 is 7.37 Å². The molecule has 0 radical (unpaired) electrons. The van der Waals surface area contributed by atoms with Gasteiger partial charge in [-0.1, -0.05) is 17.2 Å². The van der Waals surface area contributed by atoms with Crippen LogP contribution in [0.2, 0.25) is 0 Å². The average molecular weight is 490 g/mol. The van der Waals surface area contributed by atoms with Gasteiger partial charge in [0.1, 0.15) is 0 Å². The monoisotopic (exact) mass is 490 g/mol. The summed E-state index contributed by atoms with van der Waals surface area (Å²) in [5.74, 6) is -2.22. The zero-order valence-electron chi connectivity index (χ0n) is 18.5. The molecule has 1 amide bonds. The van der Waals surface area contributed by atoms with Crippen LogP contribution in [-0.4, -0.2) is 33.8 Å². The van der Waals surface area contributed by atoms with Crippen molar-refractivity contribution in [2.24, 2.45) is 5.92 Å². The summed E-state index contributed by atoms with van der Waals surface area (Å²) in [6.07, 6.45) is 4.18. The van der Waals surface area contributed by atoms with Crippen LogP contribution in [0.1, 0.15) is 47.8 Å². The van der Waals surface area contributed by atoms with Crippen molar-refractivity contribution < 1.29 is 27.5 Å². The molecule has 1 aliphatic carbocycles. The van der Waals surface area contributed by atoms with E-state index in [-0.39, 0.29) is 17.6 Å². The number of hydrogen-bond acceptors (Lipinski definition) is 6. The molecule has 8 nitrogen and oxygen atoms in total. The van der Waals surface area contributed by atoms with Crippen molar-refractivity contribution >= 4 is 30.7 Å². The second-order valence-electron chi connectivity index (χ2n) is 8.69. The molecule has 0 spiro atoms. The Hall–Kier alpha value is -3.10. The molecule has 4 rings (SSSR count). The van der Waals surface area contributed by atoms with Gasteiger partial charge < -0.3 is 19.9 Å². The summed E-state index contributed by atoms with van der Waals surface area (Å²) in [6, 6.07) is 10.6. The standard InChI is InChI=1S/C23H25F2N4O4P/c1-34(31,32)13-14-2-4-15(5-3-14)16-6-8-17(9-7-16)26-21(30)22-28-29-23(33-22)27-18-10-11-19(24)20(25)12-18/h6-12,14-15H,2-5,13H2,1H3,(H,26,30)(H,27,29)(H,31,32). The topological polar surface area (TPSA) is 117 Å². The number of nitrogens with zero attached hydrogens (tertiary/aromatic N) is 2. The van der Waals surface area contributed by atoms with Crippen molar-refractivity contribution in [1.82, 2.24) is 10.2 Å². The predicted octanol–water partition coefficient (Wildman–Crippen LogP) is 5.52. The van der Waals surface area contributed by atoms with Gasteiger partial charge >= 0.3 is 17.8 Å². The van der Waals surface area contributed by atoms with Crippen LogP contribution < -0.4 is 10.6 Å². The number of aromatic nitrogens is 2. The molecule has 1 unspecified atom stereocenters. The lowest BCUT2D eigenvalue weighted by atomic mass is 9.79. The third kappa shape index (κ3) is 6.27. The molecule has 0 aliphatic heterocycles. The van der Waals surface area contributed by atoms with E-state index < -0.39 is 24.9 Å². The van der Waals surface area contributed by atoms with Gasteiger partial charge in [0.25, 0.3) is 0 Å². The molecule has 1 fully saturated rings. The van der Waals surface area contributed by atoms with Crippen molar-refractivity contribution in [2.45, 2.75) is 31.6 Å². The molecule has 1 saturated carbocycles. The molecule has 11 heteroatoms. The number of nitrogens with one attached hydrogen (secondary N) is 2. The summed E-state index contributed by atoms with van der Waals surface area (Å²) >= 11 is 0. The summed E-state index contributed by atoms with van der Waals surface area (Å²) in [5, 5.41) is 12.7. The van der Waals surface area contributed by atoms with E-state index in [4.69, 9.17) is 4.42 Å². The van der Waals surface area contributed by atoms with E-state index in [1.54, 1.807) is 12.1 Å². The highest BCUT2D eigenvalue weighted by Crippen LogP contribution is 2.44. The lowest BCUT2D eigenvalue weighted by Crippen LogP contribution is -2.16. The van der Waals surface area contributed by atoms with Crippen LogP contribution in [0, 0.1) is 17.6 Å². The lowest BCUT2D eigenvalue weighted by molar-refractivity contribution is 0.0991. The first-order valence-electron chi connectivity index (χ1n) is 10.9. The van der Waals surface area contributed by atoms with E-state index in [9.17, 15) is 23.0 Å². The Morgan fingerprint density at radius 3 is 2.38 bits per heavy atom. The SMILES string of the molecule is CP(=O)(O)CC1CCC(c2ccc(NC(=O)c3nnc(Nc4ccc(F)c(F)c4)o3)cc2)CC1. The number of anilines is 3. The molecule has 0 saturated heterocycles. The minimum absolute atomic E-state index is 0.136. The second-order valence-corrected chi connectivity index (χ2v) is 11.2. The first-order valence-corrected chi connectivity index (χ1v) is 13.2. The third-order valence-electron chi connectivity index (χ3n) is 5.87. The second kappa shape index (κ2) is 10.0. The van der Waals surface area contributed by atoms with E-state index in [1.165, 1.54) is 12.7 Å². The number of rotatable bonds is 7. The van der Waals surface area contributed by atoms with Gasteiger partial charge in [0.2, 0.25) is 0 Å². The minimum Gasteiger partial charge on any atom is -0.399 e. The zero-order valence-corrected chi connectivity index (χ0v) is 19.4. The largest absolute Gasteiger partial charge is 0.399 e. The number of hydrogen-bond donors (Lipinski definition) is 3. The van der Waals surface area contributed by atoms with Gasteiger partial charge in [-0.3, -0.25) is 9.36 Å². The number of carbonyl (C=O) groups is 1. The summed E-state index contributed by atoms with van der Waals surface area (Å²) in [4.78, 5) is 22.0. The highest BCUT2D eigenvalue weighted by atomic mass is 31.2. The Labute approximate surface area is 195 Å². The number of halogens is 2. The number of carbonyl (C=O) groups excluding carboxylic acids is 1. The summed E-state index contributed by atoms with van der Waals surface area (Å²) in [6.45, 7) is 1.42. The van der Waals surface area contributed by atoms with E-state index in [0.29, 0.717) is 23.7 Å². The fourth-order valence-electron chi connectivity index (χ4n) is 4.24. The van der Waals surface area contributed by atoms with Gasteiger partial charge in [-0.05, 0) is 67.3 Å². The molecule has 3 aromatic rings. The lowest BCUT2D eigenvalue weighted by Gasteiger charge is -2.29. The quantitative estimate of drug-likeness (QED) is 0.374. The number of amides is 1. The normalized spacial score (nSPS) is 19.9. The Morgan fingerprint density at radius 1 is 1.06 bits per heavy atom. The first-order chi connectivity index (χ1) is 16.2. The fourth-order valence-corrected chi connectivity index (χ4v) is 5.57. The Kier molecular flexibility index (Phi) is 7.09. The predicted molar refractivity (Wildman–Crippen MR) is 124 cm³/mol. The van der Waals surface area contributed by atoms with E-state index in [0.717, 1.165) is 43.4 Å². The summed E-state index contributed by atoms with van der Waals surface area (Å²) < 4.78 is 43.2. The highest BCUT2D eigenvalue weighted by Gasteiger charge is 2.26. The van der Waals surface area contributed by atoms with Gasteiger partial charge in [0.15, 0.2) is 19.0 Å². The zero-order chi connectivity index (χ0) is 24.3. The molecule has 1 aliphatic rings. The fraction of sp³-hybridized carbons (Fsp3) is 0.348. The van der Waals surface area contributed by atoms with Crippen LogP contribution in [0.3, 0.4) is 0 Å². The smallest absolute Gasteiger partial charge is 0.320 e. The molecule has 3 N–H and O–H groups in total. The van der Waals surface area contributed by atoms with Crippen molar-refractivity contribution in [1.29, 1.82) is 0 Å². The molecule has 0 bridgehead atoms. The summed E-state index contributed by atoms with van der Waals surface area (Å²) in [5.41, 5.74) is 1.91. The Bertz CT molecular complexity index is 1200. The highest BCUT2D eigenvalue weighted by molar-refractivity contribution is 7.57. The minimum atomic E-state index is -2.98. The van der Waals surface area contributed by atoms with Crippen LogP contribution in [-0.2, 0) is 4.57 Å². The van der Waals surface area contributed by atoms with Crippen LogP contribution in [0.25, 0.3) is 0 Å². The Balaban J connectivity index is 1.31. The van der Waals surface area contributed by atoms with E-state index >= 15 is 0 Å². The molecule has 180 valence electrons. The van der Waals surface area contributed by atoms with Crippen LogP contribution in [0.4, 0.5) is 26.2 Å². The van der Waals surface area contributed by atoms with Gasteiger partial charge in [-0.2, -0.15) is 0 Å². The van der Waals surface area contributed by atoms with Crippen molar-refractivity contribution in [3.8, 4) is 0 Å². The molecular weight excluding hydrogens is 465 g/mol. The maximum absolute atomic E-state index is 13.3. The maximum atomic E-state index is 13.3. The van der Waals surface area contributed by atoms with E-state index in [2.05, 4.69) is 20.8 Å². The van der Waals surface area contributed by atoms with Crippen molar-refractivity contribution in [2.75, 3.05) is 23.5 Å². The molecule has 1 heterocycles. The van der Waals surface area contributed by atoms with Crippen molar-refractivity contribution in [3.05, 3.63) is 65.6 Å². The summed E-state index contributed by atoms with van der Waals surface area (Å²) in [7, 11) is -2.98. The molecule has 1 atom stereocenters.